The number of hydrogen-bond donors (Lipinski definition) is 1. The first kappa shape index (κ1) is 13.4. The minimum Gasteiger partial charge on any atom is -0.473 e. The van der Waals surface area contributed by atoms with Crippen molar-refractivity contribution in [2.45, 2.75) is 20.5 Å². The molecule has 0 fully saturated rings. The molecule has 0 atom stereocenters. The van der Waals surface area contributed by atoms with E-state index in [0.717, 1.165) is 12.4 Å². The minimum atomic E-state index is 0.389. The van der Waals surface area contributed by atoms with E-state index >= 15 is 0 Å². The fourth-order valence-electron chi connectivity index (χ4n) is 1.22. The van der Waals surface area contributed by atoms with Gasteiger partial charge in [0.1, 0.15) is 19.0 Å². The van der Waals surface area contributed by atoms with Crippen LogP contribution in [0.3, 0.4) is 0 Å². The summed E-state index contributed by atoms with van der Waals surface area (Å²) >= 11 is 0. The van der Waals surface area contributed by atoms with Gasteiger partial charge < -0.3 is 14.8 Å². The lowest BCUT2D eigenvalue weighted by Crippen LogP contribution is -2.07. The van der Waals surface area contributed by atoms with Gasteiger partial charge in [0.15, 0.2) is 5.82 Å². The average molecular weight is 237 g/mol. The zero-order valence-corrected chi connectivity index (χ0v) is 10.4. The van der Waals surface area contributed by atoms with Crippen LogP contribution in [0.5, 0.6) is 5.88 Å². The Hall–Kier alpha value is -1.62. The number of ether oxygens (including phenoxy) is 2. The van der Waals surface area contributed by atoms with Crippen molar-refractivity contribution in [3.05, 3.63) is 24.5 Å². The van der Waals surface area contributed by atoms with Crippen LogP contribution in [0.4, 0.5) is 5.82 Å². The second kappa shape index (κ2) is 7.62. The largest absolute Gasteiger partial charge is 0.473 e. The van der Waals surface area contributed by atoms with Gasteiger partial charge in [-0.15, -0.1) is 0 Å². The molecule has 1 aromatic rings. The molecule has 5 heteroatoms. The first-order valence-corrected chi connectivity index (χ1v) is 5.73. The molecule has 17 heavy (non-hydrogen) atoms. The van der Waals surface area contributed by atoms with Gasteiger partial charge in [0, 0.05) is 19.2 Å². The molecule has 0 saturated heterocycles. The molecule has 1 rings (SSSR count). The van der Waals surface area contributed by atoms with Crippen LogP contribution < -0.4 is 10.1 Å². The van der Waals surface area contributed by atoms with Gasteiger partial charge >= 0.3 is 0 Å². The van der Waals surface area contributed by atoms with Crippen molar-refractivity contribution in [2.24, 2.45) is 0 Å². The molecule has 5 nitrogen and oxygen atoms in total. The molecule has 0 radical (unpaired) electrons. The Morgan fingerprint density at radius 2 is 2.24 bits per heavy atom. The van der Waals surface area contributed by atoms with Crippen LogP contribution in [0.25, 0.3) is 0 Å². The molecular formula is C12H19N3O2. The van der Waals surface area contributed by atoms with Gasteiger partial charge in [-0.25, -0.2) is 4.98 Å². The summed E-state index contributed by atoms with van der Waals surface area (Å²) in [6.45, 7) is 9.79. The molecule has 0 bridgehead atoms. The second-order valence-electron chi connectivity index (χ2n) is 3.27. The summed E-state index contributed by atoms with van der Waals surface area (Å²) in [6, 6.07) is 1.77. The number of nitrogens with zero attached hydrogens (tertiary/aromatic N) is 2. The smallest absolute Gasteiger partial charge is 0.219 e. The first-order valence-electron chi connectivity index (χ1n) is 5.73. The SMILES string of the molecule is C=CCOc1cc(NCC)nc(COCC)n1. The minimum absolute atomic E-state index is 0.389. The lowest BCUT2D eigenvalue weighted by molar-refractivity contribution is 0.127. The fourth-order valence-corrected chi connectivity index (χ4v) is 1.22. The summed E-state index contributed by atoms with van der Waals surface area (Å²) in [7, 11) is 0. The van der Waals surface area contributed by atoms with Gasteiger partial charge in [-0.2, -0.15) is 4.98 Å². The van der Waals surface area contributed by atoms with Crippen LogP contribution in [0.1, 0.15) is 19.7 Å². The van der Waals surface area contributed by atoms with Crippen molar-refractivity contribution in [2.75, 3.05) is 25.1 Å². The van der Waals surface area contributed by atoms with Crippen molar-refractivity contribution < 1.29 is 9.47 Å². The Balaban J connectivity index is 2.79. The quantitative estimate of drug-likeness (QED) is 0.701. The maximum absolute atomic E-state index is 5.40. The highest BCUT2D eigenvalue weighted by atomic mass is 16.5. The van der Waals surface area contributed by atoms with Crippen LogP contribution in [-0.4, -0.2) is 29.7 Å². The predicted octanol–water partition coefficient (Wildman–Crippen LogP) is 2.01. The summed E-state index contributed by atoms with van der Waals surface area (Å²) in [4.78, 5) is 8.56. The average Bonchev–Trinajstić information content (AvgIpc) is 2.34. The van der Waals surface area contributed by atoms with E-state index in [4.69, 9.17) is 9.47 Å². The van der Waals surface area contributed by atoms with Gasteiger partial charge in [-0.05, 0) is 13.8 Å². The van der Waals surface area contributed by atoms with Crippen LogP contribution in [-0.2, 0) is 11.3 Å². The molecule has 0 aliphatic heterocycles. The Labute approximate surface area is 102 Å². The number of aromatic nitrogens is 2. The third-order valence-corrected chi connectivity index (χ3v) is 1.89. The third-order valence-electron chi connectivity index (χ3n) is 1.89. The zero-order chi connectivity index (χ0) is 12.5. The Kier molecular flexibility index (Phi) is 6.03. The molecule has 1 N–H and O–H groups in total. The maximum atomic E-state index is 5.40. The number of nitrogens with one attached hydrogen (secondary N) is 1. The third kappa shape index (κ3) is 4.82. The van der Waals surface area contributed by atoms with E-state index in [1.807, 2.05) is 13.8 Å². The van der Waals surface area contributed by atoms with E-state index in [-0.39, 0.29) is 0 Å². The zero-order valence-electron chi connectivity index (χ0n) is 10.4. The molecule has 0 aliphatic carbocycles. The Bertz CT molecular complexity index is 356. The van der Waals surface area contributed by atoms with E-state index in [2.05, 4.69) is 21.9 Å². The molecule has 0 aliphatic rings. The monoisotopic (exact) mass is 237 g/mol. The Morgan fingerprint density at radius 1 is 1.41 bits per heavy atom. The van der Waals surface area contributed by atoms with Crippen molar-refractivity contribution >= 4 is 5.82 Å². The van der Waals surface area contributed by atoms with Crippen molar-refractivity contribution in [3.8, 4) is 5.88 Å². The first-order chi connectivity index (χ1) is 8.30. The summed E-state index contributed by atoms with van der Waals surface area (Å²) in [5.41, 5.74) is 0. The number of anilines is 1. The van der Waals surface area contributed by atoms with E-state index < -0.39 is 0 Å². The van der Waals surface area contributed by atoms with Crippen LogP contribution in [0, 0.1) is 0 Å². The summed E-state index contributed by atoms with van der Waals surface area (Å²) in [5.74, 6) is 1.89. The highest BCUT2D eigenvalue weighted by Crippen LogP contribution is 2.14. The molecule has 0 amide bonds. The lowest BCUT2D eigenvalue weighted by Gasteiger charge is -2.09. The van der Waals surface area contributed by atoms with Gasteiger partial charge in [-0.3, -0.25) is 0 Å². The highest BCUT2D eigenvalue weighted by Gasteiger charge is 2.04. The molecule has 0 unspecified atom stereocenters. The van der Waals surface area contributed by atoms with E-state index in [1.165, 1.54) is 0 Å². The maximum Gasteiger partial charge on any atom is 0.219 e. The van der Waals surface area contributed by atoms with E-state index in [1.54, 1.807) is 12.1 Å². The van der Waals surface area contributed by atoms with Gasteiger partial charge in [0.05, 0.1) is 0 Å². The van der Waals surface area contributed by atoms with Crippen LogP contribution >= 0.6 is 0 Å². The molecule has 0 aromatic carbocycles. The second-order valence-corrected chi connectivity index (χ2v) is 3.27. The van der Waals surface area contributed by atoms with E-state index in [9.17, 15) is 0 Å². The lowest BCUT2D eigenvalue weighted by atomic mass is 10.5. The van der Waals surface area contributed by atoms with Gasteiger partial charge in [-0.1, -0.05) is 12.7 Å². The van der Waals surface area contributed by atoms with Crippen LogP contribution in [0.15, 0.2) is 18.7 Å². The normalized spacial score (nSPS) is 10.0. The highest BCUT2D eigenvalue weighted by molar-refractivity contribution is 5.38. The number of rotatable bonds is 8. The van der Waals surface area contributed by atoms with Crippen molar-refractivity contribution in [1.82, 2.24) is 9.97 Å². The van der Waals surface area contributed by atoms with Crippen molar-refractivity contribution in [1.29, 1.82) is 0 Å². The van der Waals surface area contributed by atoms with E-state index in [0.29, 0.717) is 31.5 Å². The summed E-state index contributed by atoms with van der Waals surface area (Å²) in [6.07, 6.45) is 1.68. The van der Waals surface area contributed by atoms with Crippen molar-refractivity contribution in [3.63, 3.8) is 0 Å². The summed E-state index contributed by atoms with van der Waals surface area (Å²) < 4.78 is 10.7. The molecule has 0 saturated carbocycles. The number of hydrogen-bond acceptors (Lipinski definition) is 5. The molecule has 0 spiro atoms. The fraction of sp³-hybridized carbons (Fsp3) is 0.500. The Morgan fingerprint density at radius 3 is 2.88 bits per heavy atom. The van der Waals surface area contributed by atoms with Gasteiger partial charge in [0.25, 0.3) is 0 Å². The topological polar surface area (TPSA) is 56.3 Å². The molecular weight excluding hydrogens is 218 g/mol. The standard InChI is InChI=1S/C12H19N3O2/c1-4-7-17-12-8-10(13-5-2)14-11(15-12)9-16-6-3/h4,8H,1,5-7,9H2,2-3H3,(H,13,14,15). The predicted molar refractivity (Wildman–Crippen MR) is 67.2 cm³/mol. The molecule has 1 heterocycles. The molecule has 1 aromatic heterocycles. The van der Waals surface area contributed by atoms with Gasteiger partial charge in [0.2, 0.25) is 5.88 Å². The summed E-state index contributed by atoms with van der Waals surface area (Å²) in [5, 5.41) is 3.13. The van der Waals surface area contributed by atoms with Crippen LogP contribution in [0.2, 0.25) is 0 Å². The molecule has 94 valence electrons.